The fourth-order valence-electron chi connectivity index (χ4n) is 2.92. The molecule has 1 aliphatic heterocycles. The van der Waals surface area contributed by atoms with Crippen molar-refractivity contribution < 1.29 is 4.74 Å². The number of likely N-dealkylation sites (tertiary alicyclic amines) is 1. The van der Waals surface area contributed by atoms with Crippen LogP contribution >= 0.6 is 11.6 Å². The molecule has 2 N–H and O–H groups in total. The Kier molecular flexibility index (Phi) is 5.49. The van der Waals surface area contributed by atoms with Crippen LogP contribution < -0.4 is 10.5 Å². The minimum absolute atomic E-state index is 0.674. The van der Waals surface area contributed by atoms with Gasteiger partial charge >= 0.3 is 0 Å². The molecule has 0 radical (unpaired) electrons. The van der Waals surface area contributed by atoms with Gasteiger partial charge in [-0.1, -0.05) is 11.6 Å². The molecular weight excluding hydrogens is 260 g/mol. The molecule has 1 aliphatic rings. The van der Waals surface area contributed by atoms with E-state index in [0.717, 1.165) is 36.8 Å². The van der Waals surface area contributed by atoms with Crippen LogP contribution in [0.15, 0.2) is 18.2 Å². The SMILES string of the molecule is COc1ccc(Cl)cc1CC1CCCN(CCN)C1. The van der Waals surface area contributed by atoms with Gasteiger partial charge in [0.25, 0.3) is 0 Å². The molecule has 0 bridgehead atoms. The van der Waals surface area contributed by atoms with Crippen LogP contribution in [0.1, 0.15) is 18.4 Å². The van der Waals surface area contributed by atoms with Crippen molar-refractivity contribution in [3.05, 3.63) is 28.8 Å². The van der Waals surface area contributed by atoms with E-state index in [4.69, 9.17) is 22.1 Å². The number of nitrogens with two attached hydrogens (primary N) is 1. The van der Waals surface area contributed by atoms with Crippen molar-refractivity contribution in [1.82, 2.24) is 4.90 Å². The summed E-state index contributed by atoms with van der Waals surface area (Å²) >= 11 is 6.09. The zero-order valence-electron chi connectivity index (χ0n) is 11.6. The zero-order chi connectivity index (χ0) is 13.7. The van der Waals surface area contributed by atoms with Crippen molar-refractivity contribution in [2.45, 2.75) is 19.3 Å². The summed E-state index contributed by atoms with van der Waals surface area (Å²) in [6, 6.07) is 5.87. The molecular formula is C15H23ClN2O. The lowest BCUT2D eigenvalue weighted by Crippen LogP contribution is -2.39. The number of nitrogens with zero attached hydrogens (tertiary/aromatic N) is 1. The highest BCUT2D eigenvalue weighted by Crippen LogP contribution is 2.28. The lowest BCUT2D eigenvalue weighted by molar-refractivity contribution is 0.178. The second kappa shape index (κ2) is 7.13. The maximum Gasteiger partial charge on any atom is 0.122 e. The molecule has 106 valence electrons. The van der Waals surface area contributed by atoms with Crippen molar-refractivity contribution in [3.63, 3.8) is 0 Å². The number of halogens is 1. The molecule has 1 heterocycles. The first kappa shape index (κ1) is 14.6. The average molecular weight is 283 g/mol. The molecule has 1 saturated heterocycles. The Morgan fingerprint density at radius 2 is 2.32 bits per heavy atom. The van der Waals surface area contributed by atoms with Gasteiger partial charge in [-0.3, -0.25) is 0 Å². The summed E-state index contributed by atoms with van der Waals surface area (Å²) in [7, 11) is 1.72. The van der Waals surface area contributed by atoms with Crippen molar-refractivity contribution >= 4 is 11.6 Å². The van der Waals surface area contributed by atoms with Crippen molar-refractivity contribution in [3.8, 4) is 5.75 Å². The van der Waals surface area contributed by atoms with Crippen LogP contribution in [0.5, 0.6) is 5.75 Å². The molecule has 1 unspecified atom stereocenters. The molecule has 0 saturated carbocycles. The Hall–Kier alpha value is -0.770. The van der Waals surface area contributed by atoms with E-state index in [2.05, 4.69) is 4.90 Å². The molecule has 1 aromatic rings. The quantitative estimate of drug-likeness (QED) is 0.902. The summed E-state index contributed by atoms with van der Waals surface area (Å²) in [5, 5.41) is 0.783. The molecule has 0 aromatic heterocycles. The van der Waals surface area contributed by atoms with Crippen molar-refractivity contribution in [1.29, 1.82) is 0 Å². The van der Waals surface area contributed by atoms with E-state index in [9.17, 15) is 0 Å². The average Bonchev–Trinajstić information content (AvgIpc) is 2.40. The first-order valence-electron chi connectivity index (χ1n) is 6.97. The maximum absolute atomic E-state index is 6.09. The zero-order valence-corrected chi connectivity index (χ0v) is 12.3. The van der Waals surface area contributed by atoms with Gasteiger partial charge in [0.15, 0.2) is 0 Å². The van der Waals surface area contributed by atoms with Crippen LogP contribution in [0.2, 0.25) is 5.02 Å². The van der Waals surface area contributed by atoms with E-state index in [1.165, 1.54) is 24.9 Å². The first-order chi connectivity index (χ1) is 9.22. The van der Waals surface area contributed by atoms with E-state index in [1.807, 2.05) is 18.2 Å². The van der Waals surface area contributed by atoms with Crippen LogP contribution in [0, 0.1) is 5.92 Å². The lowest BCUT2D eigenvalue weighted by atomic mass is 9.91. The second-order valence-corrected chi connectivity index (χ2v) is 5.69. The summed E-state index contributed by atoms with van der Waals surface area (Å²) in [5.41, 5.74) is 6.86. The van der Waals surface area contributed by atoms with E-state index < -0.39 is 0 Å². The highest BCUT2D eigenvalue weighted by molar-refractivity contribution is 6.30. The minimum Gasteiger partial charge on any atom is -0.496 e. The third kappa shape index (κ3) is 4.10. The van der Waals surface area contributed by atoms with Gasteiger partial charge in [-0.2, -0.15) is 0 Å². The van der Waals surface area contributed by atoms with Crippen LogP contribution in [-0.4, -0.2) is 38.2 Å². The monoisotopic (exact) mass is 282 g/mol. The Bertz CT molecular complexity index is 409. The highest BCUT2D eigenvalue weighted by atomic mass is 35.5. The summed E-state index contributed by atoms with van der Waals surface area (Å²) < 4.78 is 5.42. The number of benzene rings is 1. The predicted octanol–water partition coefficient (Wildman–Crippen LogP) is 2.56. The third-order valence-electron chi connectivity index (χ3n) is 3.80. The molecule has 1 fully saturated rings. The molecule has 2 rings (SSSR count). The number of rotatable bonds is 5. The van der Waals surface area contributed by atoms with E-state index in [0.29, 0.717) is 5.92 Å². The molecule has 0 spiro atoms. The molecule has 1 aromatic carbocycles. The first-order valence-corrected chi connectivity index (χ1v) is 7.35. The Morgan fingerprint density at radius 1 is 1.47 bits per heavy atom. The van der Waals surface area contributed by atoms with Gasteiger partial charge in [-0.25, -0.2) is 0 Å². The molecule has 0 aliphatic carbocycles. The van der Waals surface area contributed by atoms with Crippen molar-refractivity contribution in [2.24, 2.45) is 11.7 Å². The topological polar surface area (TPSA) is 38.5 Å². The number of ether oxygens (including phenoxy) is 1. The summed E-state index contributed by atoms with van der Waals surface area (Å²) in [4.78, 5) is 2.46. The summed E-state index contributed by atoms with van der Waals surface area (Å²) in [6.45, 7) is 4.06. The van der Waals surface area contributed by atoms with Crippen LogP contribution in [0.4, 0.5) is 0 Å². The third-order valence-corrected chi connectivity index (χ3v) is 4.03. The van der Waals surface area contributed by atoms with E-state index >= 15 is 0 Å². The second-order valence-electron chi connectivity index (χ2n) is 5.26. The van der Waals surface area contributed by atoms with Gasteiger partial charge in [0, 0.05) is 24.7 Å². The van der Waals surface area contributed by atoms with E-state index in [1.54, 1.807) is 7.11 Å². The standard InChI is InChI=1S/C15H23ClN2O/c1-19-15-5-4-14(16)10-13(15)9-12-3-2-7-18(11-12)8-6-17/h4-5,10,12H,2-3,6-9,11,17H2,1H3. The normalized spacial score (nSPS) is 20.5. The smallest absolute Gasteiger partial charge is 0.122 e. The van der Waals surface area contributed by atoms with Crippen LogP contribution in [0.3, 0.4) is 0 Å². The van der Waals surface area contributed by atoms with E-state index in [-0.39, 0.29) is 0 Å². The van der Waals surface area contributed by atoms with Gasteiger partial charge in [-0.05, 0) is 55.5 Å². The number of hydrogen-bond acceptors (Lipinski definition) is 3. The Balaban J connectivity index is 2.01. The fourth-order valence-corrected chi connectivity index (χ4v) is 3.12. The fraction of sp³-hybridized carbons (Fsp3) is 0.600. The van der Waals surface area contributed by atoms with Crippen LogP contribution in [-0.2, 0) is 6.42 Å². The number of hydrogen-bond donors (Lipinski definition) is 1. The Labute approximate surface area is 120 Å². The van der Waals surface area contributed by atoms with Gasteiger partial charge < -0.3 is 15.4 Å². The molecule has 4 heteroatoms. The molecule has 19 heavy (non-hydrogen) atoms. The van der Waals surface area contributed by atoms with Gasteiger partial charge in [-0.15, -0.1) is 0 Å². The Morgan fingerprint density at radius 3 is 3.05 bits per heavy atom. The van der Waals surface area contributed by atoms with Gasteiger partial charge in [0.05, 0.1) is 7.11 Å². The summed E-state index contributed by atoms with van der Waals surface area (Å²) in [6.07, 6.45) is 3.56. The van der Waals surface area contributed by atoms with Gasteiger partial charge in [0.1, 0.15) is 5.75 Å². The number of piperidine rings is 1. The summed E-state index contributed by atoms with van der Waals surface area (Å²) in [5.74, 6) is 1.62. The number of methoxy groups -OCH3 is 1. The molecule has 0 amide bonds. The van der Waals surface area contributed by atoms with Crippen molar-refractivity contribution in [2.75, 3.05) is 33.3 Å². The van der Waals surface area contributed by atoms with Crippen LogP contribution in [0.25, 0.3) is 0 Å². The molecule has 3 nitrogen and oxygen atoms in total. The molecule has 1 atom stereocenters. The highest BCUT2D eigenvalue weighted by Gasteiger charge is 2.20. The minimum atomic E-state index is 0.674. The lowest BCUT2D eigenvalue weighted by Gasteiger charge is -2.32. The maximum atomic E-state index is 6.09. The largest absolute Gasteiger partial charge is 0.496 e. The van der Waals surface area contributed by atoms with Gasteiger partial charge in [0.2, 0.25) is 0 Å². The predicted molar refractivity (Wildman–Crippen MR) is 79.9 cm³/mol.